The van der Waals surface area contributed by atoms with E-state index in [1.807, 2.05) is 18.2 Å². The van der Waals surface area contributed by atoms with Gasteiger partial charge in [-0.05, 0) is 61.4 Å². The summed E-state index contributed by atoms with van der Waals surface area (Å²) in [6.07, 6.45) is 1.96. The Bertz CT molecular complexity index is 1170. The number of amides is 2. The van der Waals surface area contributed by atoms with Gasteiger partial charge in [-0.1, -0.05) is 15.9 Å². The Labute approximate surface area is 181 Å². The molecule has 1 aromatic heterocycles. The first-order chi connectivity index (χ1) is 14.5. The monoisotopic (exact) mass is 469 g/mol. The molecule has 0 radical (unpaired) electrons. The van der Waals surface area contributed by atoms with Crippen LogP contribution in [0.15, 0.2) is 62.4 Å². The summed E-state index contributed by atoms with van der Waals surface area (Å²) in [6.45, 7) is 1.16. The van der Waals surface area contributed by atoms with Gasteiger partial charge in [-0.3, -0.25) is 9.59 Å². The maximum absolute atomic E-state index is 12.9. The predicted octanol–water partition coefficient (Wildman–Crippen LogP) is 3.44. The van der Waals surface area contributed by atoms with Gasteiger partial charge in [-0.25, -0.2) is 4.99 Å². The highest BCUT2D eigenvalue weighted by Gasteiger charge is 2.18. The number of nitrogens with one attached hydrogen (secondary N) is 1. The summed E-state index contributed by atoms with van der Waals surface area (Å²) in [5.74, 6) is -0.805. The second kappa shape index (κ2) is 8.81. The molecule has 0 bridgehead atoms. The van der Waals surface area contributed by atoms with Crippen LogP contribution in [-0.4, -0.2) is 31.1 Å². The Morgan fingerprint density at radius 3 is 2.67 bits per heavy atom. The van der Waals surface area contributed by atoms with Crippen LogP contribution < -0.4 is 16.6 Å². The maximum atomic E-state index is 12.9. The first-order valence-electron chi connectivity index (χ1n) is 9.57. The molecular formula is C22H20BrN3O4. The van der Waals surface area contributed by atoms with Crippen LogP contribution in [0.5, 0.6) is 0 Å². The van der Waals surface area contributed by atoms with Gasteiger partial charge >= 0.3 is 0 Å². The molecule has 2 amide bonds. The lowest BCUT2D eigenvalue weighted by molar-refractivity contribution is 0.0854. The number of benzene rings is 2. The molecule has 154 valence electrons. The van der Waals surface area contributed by atoms with Crippen molar-refractivity contribution in [1.82, 2.24) is 5.32 Å². The van der Waals surface area contributed by atoms with Crippen molar-refractivity contribution >= 4 is 44.4 Å². The van der Waals surface area contributed by atoms with E-state index in [-0.39, 0.29) is 17.6 Å². The number of halogens is 1. The molecule has 2 heterocycles. The summed E-state index contributed by atoms with van der Waals surface area (Å²) in [5.41, 5.74) is 7.30. The highest BCUT2D eigenvalue weighted by atomic mass is 79.9. The molecule has 0 unspecified atom stereocenters. The maximum Gasteiger partial charge on any atom is 0.256 e. The van der Waals surface area contributed by atoms with E-state index in [2.05, 4.69) is 26.2 Å². The van der Waals surface area contributed by atoms with E-state index in [0.29, 0.717) is 28.9 Å². The van der Waals surface area contributed by atoms with Gasteiger partial charge in [0.1, 0.15) is 11.1 Å². The van der Waals surface area contributed by atoms with Crippen molar-refractivity contribution in [3.8, 4) is 0 Å². The Morgan fingerprint density at radius 1 is 1.17 bits per heavy atom. The summed E-state index contributed by atoms with van der Waals surface area (Å²) in [6, 6.07) is 13.8. The molecule has 1 atom stereocenters. The van der Waals surface area contributed by atoms with Gasteiger partial charge in [-0.2, -0.15) is 0 Å². The Kier molecular flexibility index (Phi) is 5.96. The molecule has 0 aliphatic carbocycles. The zero-order chi connectivity index (χ0) is 21.1. The van der Waals surface area contributed by atoms with Crippen molar-refractivity contribution in [2.24, 2.45) is 10.7 Å². The van der Waals surface area contributed by atoms with Crippen molar-refractivity contribution in [2.45, 2.75) is 18.9 Å². The Hall–Kier alpha value is -2.97. The van der Waals surface area contributed by atoms with Gasteiger partial charge in [0.2, 0.25) is 11.5 Å². The smallest absolute Gasteiger partial charge is 0.256 e. The Morgan fingerprint density at radius 2 is 1.97 bits per heavy atom. The summed E-state index contributed by atoms with van der Waals surface area (Å²) < 4.78 is 12.4. The van der Waals surface area contributed by atoms with Crippen LogP contribution in [0.3, 0.4) is 0 Å². The standard InChI is InChI=1S/C22H20BrN3O4/c23-15-5-8-19-14(10-15)11-18(21(28)25-12-17-2-1-9-29-17)22(30-19)26-16-6-3-13(4-7-16)20(24)27/h3-8,10-11,17H,1-2,9,12H2,(H2,24,27)(H,25,28)/t17-/m1/s1. The van der Waals surface area contributed by atoms with Gasteiger partial charge < -0.3 is 20.2 Å². The quantitative estimate of drug-likeness (QED) is 0.596. The Balaban J connectivity index is 1.73. The molecule has 3 N–H and O–H groups in total. The minimum atomic E-state index is -0.517. The second-order valence-corrected chi connectivity index (χ2v) is 7.93. The highest BCUT2D eigenvalue weighted by Crippen LogP contribution is 2.20. The zero-order valence-electron chi connectivity index (χ0n) is 16.1. The molecule has 0 saturated carbocycles. The summed E-state index contributed by atoms with van der Waals surface area (Å²) >= 11 is 3.44. The SMILES string of the molecule is NC(=O)c1ccc(N=c2oc3ccc(Br)cc3cc2C(=O)NC[C@H]2CCCO2)cc1. The van der Waals surface area contributed by atoms with Crippen molar-refractivity contribution in [3.05, 3.63) is 69.7 Å². The number of nitrogens with zero attached hydrogens (tertiary/aromatic N) is 1. The third kappa shape index (κ3) is 4.60. The first-order valence-corrected chi connectivity index (χ1v) is 10.4. The van der Waals surface area contributed by atoms with Crippen molar-refractivity contribution in [3.63, 3.8) is 0 Å². The summed E-state index contributed by atoms with van der Waals surface area (Å²) in [7, 11) is 0. The molecule has 1 fully saturated rings. The molecule has 4 rings (SSSR count). The minimum Gasteiger partial charge on any atom is -0.438 e. The van der Waals surface area contributed by atoms with Gasteiger partial charge in [0, 0.05) is 28.6 Å². The largest absolute Gasteiger partial charge is 0.438 e. The van der Waals surface area contributed by atoms with Crippen LogP contribution in [0.4, 0.5) is 5.69 Å². The number of ether oxygens (including phenoxy) is 1. The van der Waals surface area contributed by atoms with E-state index in [9.17, 15) is 9.59 Å². The average molecular weight is 470 g/mol. The fraction of sp³-hybridized carbons (Fsp3) is 0.227. The molecule has 8 heteroatoms. The number of rotatable bonds is 5. The van der Waals surface area contributed by atoms with Crippen molar-refractivity contribution in [2.75, 3.05) is 13.2 Å². The molecule has 1 aliphatic rings. The molecule has 1 saturated heterocycles. The lowest BCUT2D eigenvalue weighted by Gasteiger charge is -2.11. The fourth-order valence-electron chi connectivity index (χ4n) is 3.27. The highest BCUT2D eigenvalue weighted by molar-refractivity contribution is 9.10. The number of hydrogen-bond donors (Lipinski definition) is 2. The van der Waals surface area contributed by atoms with E-state index in [0.717, 1.165) is 29.3 Å². The third-order valence-electron chi connectivity index (χ3n) is 4.85. The lowest BCUT2D eigenvalue weighted by atomic mass is 10.1. The number of carbonyl (C=O) groups is 2. The van der Waals surface area contributed by atoms with Crippen LogP contribution in [0.25, 0.3) is 11.0 Å². The number of hydrogen-bond acceptors (Lipinski definition) is 5. The second-order valence-electron chi connectivity index (χ2n) is 7.02. The van der Waals surface area contributed by atoms with Crippen LogP contribution in [0.2, 0.25) is 0 Å². The van der Waals surface area contributed by atoms with Crippen molar-refractivity contribution < 1.29 is 18.7 Å². The summed E-state index contributed by atoms with van der Waals surface area (Å²) in [4.78, 5) is 28.7. The van der Waals surface area contributed by atoms with E-state index in [1.54, 1.807) is 30.3 Å². The van der Waals surface area contributed by atoms with Crippen molar-refractivity contribution in [1.29, 1.82) is 0 Å². The molecule has 30 heavy (non-hydrogen) atoms. The summed E-state index contributed by atoms with van der Waals surface area (Å²) in [5, 5.41) is 3.69. The van der Waals surface area contributed by atoms with Gasteiger partial charge in [0.25, 0.3) is 5.91 Å². The number of fused-ring (bicyclic) bond motifs is 1. The topological polar surface area (TPSA) is 107 Å². The molecule has 1 aliphatic heterocycles. The van der Waals surface area contributed by atoms with Crippen LogP contribution in [0, 0.1) is 0 Å². The minimum absolute atomic E-state index is 0.0298. The van der Waals surface area contributed by atoms with Crippen LogP contribution in [0.1, 0.15) is 33.6 Å². The lowest BCUT2D eigenvalue weighted by Crippen LogP contribution is -2.34. The molecule has 7 nitrogen and oxygen atoms in total. The fourth-order valence-corrected chi connectivity index (χ4v) is 3.65. The molecule has 2 aromatic carbocycles. The van der Waals surface area contributed by atoms with Gasteiger partial charge in [0.15, 0.2) is 0 Å². The van der Waals surface area contributed by atoms with E-state index >= 15 is 0 Å². The third-order valence-corrected chi connectivity index (χ3v) is 5.34. The normalized spacial score (nSPS) is 16.7. The number of nitrogens with two attached hydrogens (primary N) is 1. The predicted molar refractivity (Wildman–Crippen MR) is 115 cm³/mol. The molecule has 0 spiro atoms. The van der Waals surface area contributed by atoms with Crippen LogP contribution in [-0.2, 0) is 4.74 Å². The van der Waals surface area contributed by atoms with Gasteiger partial charge in [0.05, 0.1) is 11.8 Å². The van der Waals surface area contributed by atoms with Crippen LogP contribution >= 0.6 is 15.9 Å². The molecular weight excluding hydrogens is 450 g/mol. The first kappa shape index (κ1) is 20.3. The van der Waals surface area contributed by atoms with E-state index in [4.69, 9.17) is 14.9 Å². The number of carbonyl (C=O) groups excluding carboxylic acids is 2. The van der Waals surface area contributed by atoms with Gasteiger partial charge in [-0.15, -0.1) is 0 Å². The molecule has 3 aromatic rings. The van der Waals surface area contributed by atoms with E-state index in [1.165, 1.54) is 0 Å². The number of primary amides is 1. The zero-order valence-corrected chi connectivity index (χ0v) is 17.6. The average Bonchev–Trinajstić information content (AvgIpc) is 3.26. The van der Waals surface area contributed by atoms with E-state index < -0.39 is 5.91 Å².